The smallest absolute Gasteiger partial charge is 0.407 e. The minimum atomic E-state index is -1.06. The fourth-order valence-corrected chi connectivity index (χ4v) is 5.71. The summed E-state index contributed by atoms with van der Waals surface area (Å²) in [7, 11) is 0. The highest BCUT2D eigenvalue weighted by Gasteiger charge is 2.37. The highest BCUT2D eigenvalue weighted by Crippen LogP contribution is 2.44. The summed E-state index contributed by atoms with van der Waals surface area (Å²) in [4.78, 5) is 38.5. The van der Waals surface area contributed by atoms with Crippen LogP contribution in [0.4, 0.5) is 4.79 Å². The van der Waals surface area contributed by atoms with Crippen LogP contribution in [0, 0.1) is 5.92 Å². The average molecular weight is 479 g/mol. The summed E-state index contributed by atoms with van der Waals surface area (Å²) in [6.07, 6.45) is 2.21. The summed E-state index contributed by atoms with van der Waals surface area (Å²) in [5.74, 6) is -1.31. The Balaban J connectivity index is 1.18. The van der Waals surface area contributed by atoms with Gasteiger partial charge >= 0.3 is 12.1 Å². The average Bonchev–Trinajstić information content (AvgIpc) is 3.44. The van der Waals surface area contributed by atoms with Gasteiger partial charge in [-0.25, -0.2) is 9.59 Å². The first kappa shape index (κ1) is 23.4. The maximum absolute atomic E-state index is 12.9. The van der Waals surface area contributed by atoms with Crippen LogP contribution in [0.3, 0.4) is 0 Å². The van der Waals surface area contributed by atoms with Gasteiger partial charge in [0.1, 0.15) is 6.61 Å². The van der Waals surface area contributed by atoms with Crippen LogP contribution in [-0.2, 0) is 19.1 Å². The number of ether oxygens (including phenoxy) is 2. The van der Waals surface area contributed by atoms with Crippen molar-refractivity contribution in [2.45, 2.75) is 43.7 Å². The van der Waals surface area contributed by atoms with Crippen LogP contribution in [-0.4, -0.2) is 66.4 Å². The molecule has 2 amide bonds. The number of carboxylic acids is 1. The van der Waals surface area contributed by atoms with Gasteiger partial charge in [-0.15, -0.1) is 0 Å². The lowest BCUT2D eigenvalue weighted by atomic mass is 9.98. The summed E-state index contributed by atoms with van der Waals surface area (Å²) in [5, 5.41) is 12.4. The van der Waals surface area contributed by atoms with Gasteiger partial charge in [0.25, 0.3) is 0 Å². The number of carbonyl (C=O) groups excluding carboxylic acids is 2. The monoisotopic (exact) mass is 478 g/mol. The zero-order chi connectivity index (χ0) is 24.4. The third-order valence-electron chi connectivity index (χ3n) is 7.48. The standard InChI is InChI=1S/C27H30N2O6/c30-25(29-12-13-34-16-24(29)26(31)32)14-17-6-5-11-23(17)28-27(33)35-15-22-20-9-3-1-7-18(20)19-8-2-4-10-21(19)22/h1-4,7-10,17,22-24H,5-6,11-16H2,(H,28,33)(H,31,32). The van der Waals surface area contributed by atoms with E-state index in [-0.39, 0.29) is 50.0 Å². The van der Waals surface area contributed by atoms with Crippen molar-refractivity contribution in [2.75, 3.05) is 26.4 Å². The largest absolute Gasteiger partial charge is 0.480 e. The summed E-state index contributed by atoms with van der Waals surface area (Å²) in [5.41, 5.74) is 4.66. The maximum atomic E-state index is 12.9. The lowest BCUT2D eigenvalue weighted by molar-refractivity contribution is -0.158. The van der Waals surface area contributed by atoms with E-state index in [4.69, 9.17) is 9.47 Å². The molecule has 184 valence electrons. The van der Waals surface area contributed by atoms with Crippen molar-refractivity contribution in [1.82, 2.24) is 10.2 Å². The molecular weight excluding hydrogens is 448 g/mol. The normalized spacial score (nSPS) is 23.4. The van der Waals surface area contributed by atoms with Crippen LogP contribution >= 0.6 is 0 Å². The molecule has 1 aliphatic heterocycles. The van der Waals surface area contributed by atoms with Gasteiger partial charge in [0.2, 0.25) is 5.91 Å². The number of nitrogens with zero attached hydrogens (tertiary/aromatic N) is 1. The molecule has 2 aromatic carbocycles. The Hall–Kier alpha value is -3.39. The number of rotatable bonds is 6. The van der Waals surface area contributed by atoms with E-state index < -0.39 is 18.1 Å². The topological polar surface area (TPSA) is 105 Å². The van der Waals surface area contributed by atoms with Crippen molar-refractivity contribution in [3.8, 4) is 11.1 Å². The molecule has 2 fully saturated rings. The zero-order valence-electron chi connectivity index (χ0n) is 19.5. The van der Waals surface area contributed by atoms with E-state index in [0.717, 1.165) is 30.4 Å². The first-order valence-electron chi connectivity index (χ1n) is 12.2. The van der Waals surface area contributed by atoms with Crippen molar-refractivity contribution in [3.05, 3.63) is 59.7 Å². The molecule has 3 atom stereocenters. The second-order valence-electron chi connectivity index (χ2n) is 9.49. The fraction of sp³-hybridized carbons (Fsp3) is 0.444. The van der Waals surface area contributed by atoms with Gasteiger partial charge < -0.3 is 24.8 Å². The number of aliphatic carboxylic acids is 1. The van der Waals surface area contributed by atoms with Crippen molar-refractivity contribution >= 4 is 18.0 Å². The minimum absolute atomic E-state index is 0.00711. The van der Waals surface area contributed by atoms with Gasteiger partial charge in [0.15, 0.2) is 6.04 Å². The van der Waals surface area contributed by atoms with E-state index in [1.807, 2.05) is 24.3 Å². The molecule has 2 aromatic rings. The van der Waals surface area contributed by atoms with Crippen molar-refractivity contribution in [3.63, 3.8) is 0 Å². The summed E-state index contributed by atoms with van der Waals surface area (Å²) in [6, 6.07) is 15.3. The minimum Gasteiger partial charge on any atom is -0.480 e. The molecule has 0 radical (unpaired) electrons. The van der Waals surface area contributed by atoms with Crippen molar-refractivity contribution in [2.24, 2.45) is 5.92 Å². The predicted octanol–water partition coefficient (Wildman–Crippen LogP) is 3.40. The molecular formula is C27H30N2O6. The van der Waals surface area contributed by atoms with Crippen LogP contribution in [0.2, 0.25) is 0 Å². The van der Waals surface area contributed by atoms with E-state index in [1.165, 1.54) is 16.0 Å². The van der Waals surface area contributed by atoms with Crippen LogP contribution in [0.5, 0.6) is 0 Å². The Morgan fingerprint density at radius 2 is 1.71 bits per heavy atom. The van der Waals surface area contributed by atoms with E-state index >= 15 is 0 Å². The number of benzene rings is 2. The number of fused-ring (bicyclic) bond motifs is 3. The summed E-state index contributed by atoms with van der Waals surface area (Å²) >= 11 is 0. The Labute approximate surface area is 204 Å². The molecule has 1 heterocycles. The first-order valence-corrected chi connectivity index (χ1v) is 12.2. The van der Waals surface area contributed by atoms with Crippen molar-refractivity contribution in [1.29, 1.82) is 0 Å². The third-order valence-corrected chi connectivity index (χ3v) is 7.48. The second-order valence-corrected chi connectivity index (χ2v) is 9.49. The Morgan fingerprint density at radius 1 is 1.03 bits per heavy atom. The molecule has 8 heteroatoms. The molecule has 8 nitrogen and oxygen atoms in total. The fourth-order valence-electron chi connectivity index (χ4n) is 5.71. The number of carboxylic acid groups (broad SMARTS) is 1. The lowest BCUT2D eigenvalue weighted by Crippen LogP contribution is -2.53. The van der Waals surface area contributed by atoms with Gasteiger partial charge in [-0.1, -0.05) is 55.0 Å². The molecule has 1 saturated heterocycles. The van der Waals surface area contributed by atoms with E-state index in [2.05, 4.69) is 29.6 Å². The number of hydrogen-bond donors (Lipinski definition) is 2. The maximum Gasteiger partial charge on any atom is 0.407 e. The van der Waals surface area contributed by atoms with Gasteiger partial charge in [-0.05, 0) is 41.0 Å². The summed E-state index contributed by atoms with van der Waals surface area (Å²) < 4.78 is 10.9. The number of hydrogen-bond acceptors (Lipinski definition) is 5. The third kappa shape index (κ3) is 4.75. The van der Waals surface area contributed by atoms with E-state index in [0.29, 0.717) is 6.61 Å². The molecule has 3 unspecified atom stereocenters. The molecule has 0 aromatic heterocycles. The first-order chi connectivity index (χ1) is 17.0. The summed E-state index contributed by atoms with van der Waals surface area (Å²) in [6.45, 7) is 0.853. The number of carbonyl (C=O) groups is 3. The molecule has 1 saturated carbocycles. The van der Waals surface area contributed by atoms with E-state index in [9.17, 15) is 19.5 Å². The second kappa shape index (κ2) is 10.1. The van der Waals surface area contributed by atoms with E-state index in [1.54, 1.807) is 0 Å². The number of morpholine rings is 1. The molecule has 5 rings (SSSR count). The molecule has 2 aliphatic carbocycles. The highest BCUT2D eigenvalue weighted by atomic mass is 16.5. The van der Waals surface area contributed by atoms with Gasteiger partial charge in [0, 0.05) is 24.9 Å². The number of nitrogens with one attached hydrogen (secondary N) is 1. The van der Waals surface area contributed by atoms with Crippen LogP contribution in [0.15, 0.2) is 48.5 Å². The predicted molar refractivity (Wildman–Crippen MR) is 128 cm³/mol. The van der Waals surface area contributed by atoms with Gasteiger partial charge in [-0.3, -0.25) is 4.79 Å². The SMILES string of the molecule is O=C(NC1CCCC1CC(=O)N1CCOCC1C(=O)O)OCC1c2ccccc2-c2ccccc21. The quantitative estimate of drug-likeness (QED) is 0.659. The Kier molecular flexibility index (Phi) is 6.72. The Morgan fingerprint density at radius 3 is 2.40 bits per heavy atom. The van der Waals surface area contributed by atoms with Crippen molar-refractivity contribution < 1.29 is 29.0 Å². The molecule has 3 aliphatic rings. The lowest BCUT2D eigenvalue weighted by Gasteiger charge is -2.34. The molecule has 0 bridgehead atoms. The molecule has 35 heavy (non-hydrogen) atoms. The zero-order valence-corrected chi connectivity index (χ0v) is 19.5. The van der Waals surface area contributed by atoms with Gasteiger partial charge in [-0.2, -0.15) is 0 Å². The molecule has 2 N–H and O–H groups in total. The Bertz CT molecular complexity index is 1070. The number of amides is 2. The highest BCUT2D eigenvalue weighted by molar-refractivity contribution is 5.84. The van der Waals surface area contributed by atoms with Crippen LogP contribution in [0.1, 0.15) is 42.7 Å². The van der Waals surface area contributed by atoms with Gasteiger partial charge in [0.05, 0.1) is 13.2 Å². The van der Waals surface area contributed by atoms with Crippen LogP contribution < -0.4 is 5.32 Å². The van der Waals surface area contributed by atoms with Crippen LogP contribution in [0.25, 0.3) is 11.1 Å². The molecule has 0 spiro atoms. The number of alkyl carbamates (subject to hydrolysis) is 1.